The Morgan fingerprint density at radius 3 is 2.75 bits per heavy atom. The molecule has 7 nitrogen and oxygen atoms in total. The number of primary amides is 1. The molecule has 1 aliphatic rings. The lowest BCUT2D eigenvalue weighted by Crippen LogP contribution is -2.39. The Hall–Kier alpha value is -1.87. The summed E-state index contributed by atoms with van der Waals surface area (Å²) in [7, 11) is 1.90. The molecule has 0 saturated heterocycles. The van der Waals surface area contributed by atoms with Crippen LogP contribution in [0.1, 0.15) is 44.6 Å². The van der Waals surface area contributed by atoms with Crippen molar-refractivity contribution in [2.24, 2.45) is 24.1 Å². The molecule has 9 heteroatoms. The van der Waals surface area contributed by atoms with Gasteiger partial charge < -0.3 is 10.3 Å². The zero-order valence-corrected chi connectivity index (χ0v) is 18.5. The summed E-state index contributed by atoms with van der Waals surface area (Å²) in [4.78, 5) is 25.3. The van der Waals surface area contributed by atoms with Crippen LogP contribution in [-0.2, 0) is 24.7 Å². The van der Waals surface area contributed by atoms with Gasteiger partial charge in [0.25, 0.3) is 0 Å². The highest BCUT2D eigenvalue weighted by atomic mass is 32.2. The highest BCUT2D eigenvalue weighted by Crippen LogP contribution is 2.42. The van der Waals surface area contributed by atoms with Gasteiger partial charge in [-0.3, -0.25) is 10.1 Å². The van der Waals surface area contributed by atoms with E-state index in [1.165, 1.54) is 28.6 Å². The quantitative estimate of drug-likeness (QED) is 0.737. The summed E-state index contributed by atoms with van der Waals surface area (Å²) in [5, 5.41) is 10.8. The summed E-state index contributed by atoms with van der Waals surface area (Å²) in [5.41, 5.74) is 6.75. The first kappa shape index (κ1) is 20.9. The average molecular weight is 422 g/mol. The van der Waals surface area contributed by atoms with Crippen molar-refractivity contribution in [2.45, 2.75) is 57.4 Å². The van der Waals surface area contributed by atoms with Gasteiger partial charge in [0.1, 0.15) is 0 Å². The van der Waals surface area contributed by atoms with Crippen LogP contribution in [0.4, 0.5) is 4.79 Å². The largest absolute Gasteiger partial charge is 0.351 e. The number of fused-ring (bicyclic) bond motifs is 1. The van der Waals surface area contributed by atoms with E-state index in [2.05, 4.69) is 42.4 Å². The Kier molecular flexibility index (Phi) is 5.86. The summed E-state index contributed by atoms with van der Waals surface area (Å²) >= 11 is 3.04. The number of nitrogens with two attached hydrogens (primary N) is 1. The molecule has 3 rings (SSSR count). The van der Waals surface area contributed by atoms with E-state index in [1.54, 1.807) is 18.3 Å². The molecule has 0 spiro atoms. The lowest BCUT2D eigenvalue weighted by Gasteiger charge is -2.33. The van der Waals surface area contributed by atoms with E-state index in [4.69, 9.17) is 5.73 Å². The number of rotatable bonds is 4. The van der Waals surface area contributed by atoms with E-state index < -0.39 is 17.2 Å². The maximum Gasteiger partial charge on any atom is 0.318 e. The van der Waals surface area contributed by atoms with Gasteiger partial charge in [-0.1, -0.05) is 32.5 Å². The first-order valence-electron chi connectivity index (χ1n) is 9.34. The monoisotopic (exact) mass is 421 g/mol. The molecule has 3 amide bonds. The third-order valence-corrected chi connectivity index (χ3v) is 7.63. The van der Waals surface area contributed by atoms with E-state index in [1.807, 2.05) is 11.6 Å². The second-order valence-electron chi connectivity index (χ2n) is 8.34. The minimum Gasteiger partial charge on any atom is -0.351 e. The SMILES string of the molecule is C[C@@H](Sc1nnc(-c2cc3c(s2)CC[C@@H](C(C)(C)C)C3)n1C)C(=O)NC(N)=O. The molecule has 2 aromatic heterocycles. The number of thioether (sulfide) groups is 1. The molecule has 152 valence electrons. The molecule has 2 aromatic rings. The van der Waals surface area contributed by atoms with Crippen molar-refractivity contribution in [1.29, 1.82) is 0 Å². The van der Waals surface area contributed by atoms with Crippen molar-refractivity contribution in [1.82, 2.24) is 20.1 Å². The molecule has 0 unspecified atom stereocenters. The van der Waals surface area contributed by atoms with Gasteiger partial charge >= 0.3 is 6.03 Å². The van der Waals surface area contributed by atoms with Crippen LogP contribution in [0.2, 0.25) is 0 Å². The predicted molar refractivity (Wildman–Crippen MR) is 112 cm³/mol. The van der Waals surface area contributed by atoms with Crippen molar-refractivity contribution in [3.63, 3.8) is 0 Å². The molecule has 0 aromatic carbocycles. The number of nitrogens with zero attached hydrogens (tertiary/aromatic N) is 3. The van der Waals surface area contributed by atoms with Gasteiger partial charge in [0.15, 0.2) is 11.0 Å². The zero-order chi connectivity index (χ0) is 20.6. The van der Waals surface area contributed by atoms with Crippen LogP contribution < -0.4 is 11.1 Å². The molecule has 1 aliphatic carbocycles. The van der Waals surface area contributed by atoms with Crippen LogP contribution in [0.25, 0.3) is 10.7 Å². The maximum absolute atomic E-state index is 11.9. The predicted octanol–water partition coefficient (Wildman–Crippen LogP) is 3.37. The number of carbonyl (C=O) groups is 2. The van der Waals surface area contributed by atoms with E-state index in [-0.39, 0.29) is 0 Å². The topological polar surface area (TPSA) is 103 Å². The molecule has 3 N–H and O–H groups in total. The number of thiophene rings is 1. The smallest absolute Gasteiger partial charge is 0.318 e. The summed E-state index contributed by atoms with van der Waals surface area (Å²) in [6.07, 6.45) is 3.45. The van der Waals surface area contributed by atoms with Gasteiger partial charge in [-0.05, 0) is 49.1 Å². The average Bonchev–Trinajstić information content (AvgIpc) is 3.16. The first-order valence-corrected chi connectivity index (χ1v) is 11.0. The normalized spacial score (nSPS) is 17.8. The number of carbonyl (C=O) groups excluding carboxylic acids is 2. The molecular weight excluding hydrogens is 394 g/mol. The van der Waals surface area contributed by atoms with Gasteiger partial charge in [-0.25, -0.2) is 4.79 Å². The number of nitrogens with one attached hydrogen (secondary N) is 1. The van der Waals surface area contributed by atoms with Crippen LogP contribution in [-0.4, -0.2) is 32.0 Å². The van der Waals surface area contributed by atoms with Crippen LogP contribution in [0, 0.1) is 11.3 Å². The Morgan fingerprint density at radius 1 is 1.39 bits per heavy atom. The number of aryl methyl sites for hydroxylation is 1. The summed E-state index contributed by atoms with van der Waals surface area (Å²) in [6, 6.07) is 1.40. The minimum absolute atomic E-state index is 0.315. The summed E-state index contributed by atoms with van der Waals surface area (Å²) in [5.74, 6) is 1.05. The van der Waals surface area contributed by atoms with Crippen molar-refractivity contribution < 1.29 is 9.59 Å². The molecule has 2 heterocycles. The number of aromatic nitrogens is 3. The second-order valence-corrected chi connectivity index (χ2v) is 10.8. The third kappa shape index (κ3) is 4.41. The molecule has 0 aliphatic heterocycles. The highest BCUT2D eigenvalue weighted by molar-refractivity contribution is 8.00. The minimum atomic E-state index is -0.853. The molecular formula is C19H27N5O2S2. The Balaban J connectivity index is 1.77. The van der Waals surface area contributed by atoms with Crippen molar-refractivity contribution in [3.05, 3.63) is 16.5 Å². The Morgan fingerprint density at radius 2 is 2.11 bits per heavy atom. The number of hydrogen-bond acceptors (Lipinski definition) is 6. The van der Waals surface area contributed by atoms with E-state index >= 15 is 0 Å². The van der Waals surface area contributed by atoms with Crippen molar-refractivity contribution in [3.8, 4) is 10.7 Å². The fourth-order valence-corrected chi connectivity index (χ4v) is 5.48. The fraction of sp³-hybridized carbons (Fsp3) is 0.579. The van der Waals surface area contributed by atoms with Crippen LogP contribution in [0.5, 0.6) is 0 Å². The fourth-order valence-electron chi connectivity index (χ4n) is 3.44. The number of imide groups is 1. The van der Waals surface area contributed by atoms with Gasteiger partial charge in [-0.15, -0.1) is 21.5 Å². The van der Waals surface area contributed by atoms with Gasteiger partial charge in [0, 0.05) is 11.9 Å². The summed E-state index contributed by atoms with van der Waals surface area (Å²) in [6.45, 7) is 8.65. The van der Waals surface area contributed by atoms with Crippen LogP contribution in [0.3, 0.4) is 0 Å². The van der Waals surface area contributed by atoms with Crippen molar-refractivity contribution >= 4 is 35.0 Å². The Labute approximate surface area is 173 Å². The molecule has 28 heavy (non-hydrogen) atoms. The van der Waals surface area contributed by atoms with Crippen molar-refractivity contribution in [2.75, 3.05) is 0 Å². The van der Waals surface area contributed by atoms with E-state index in [0.29, 0.717) is 16.5 Å². The standard InChI is InChI=1S/C19H27N5O2S2/c1-10(16(25)21-17(20)26)27-18-23-22-15(24(18)5)14-9-11-8-12(19(2,3)4)6-7-13(11)28-14/h9-10,12H,6-8H2,1-5H3,(H3,20,21,25,26)/t10-,12-/m1/s1. The molecule has 2 atom stereocenters. The summed E-state index contributed by atoms with van der Waals surface area (Å²) < 4.78 is 1.90. The molecule has 0 bridgehead atoms. The Bertz CT molecular complexity index is 897. The molecule has 0 radical (unpaired) electrons. The van der Waals surface area contributed by atoms with Gasteiger partial charge in [0.05, 0.1) is 10.1 Å². The number of amides is 3. The second kappa shape index (κ2) is 7.87. The zero-order valence-electron chi connectivity index (χ0n) is 16.9. The van der Waals surface area contributed by atoms with Gasteiger partial charge in [0.2, 0.25) is 5.91 Å². The van der Waals surface area contributed by atoms with Crippen LogP contribution >= 0.6 is 23.1 Å². The van der Waals surface area contributed by atoms with E-state index in [9.17, 15) is 9.59 Å². The lowest BCUT2D eigenvalue weighted by atomic mass is 9.72. The van der Waals surface area contributed by atoms with E-state index in [0.717, 1.165) is 23.5 Å². The van der Waals surface area contributed by atoms with Crippen LogP contribution in [0.15, 0.2) is 11.2 Å². The molecule has 0 fully saturated rings. The maximum atomic E-state index is 11.9. The highest BCUT2D eigenvalue weighted by Gasteiger charge is 2.30. The lowest BCUT2D eigenvalue weighted by molar-refractivity contribution is -0.119. The number of urea groups is 1. The van der Waals surface area contributed by atoms with Gasteiger partial charge in [-0.2, -0.15) is 0 Å². The molecule has 0 saturated carbocycles. The number of hydrogen-bond donors (Lipinski definition) is 2. The first-order chi connectivity index (χ1) is 13.1. The third-order valence-electron chi connectivity index (χ3n) is 5.26.